The van der Waals surface area contributed by atoms with Gasteiger partial charge in [0.25, 0.3) is 0 Å². The van der Waals surface area contributed by atoms with E-state index in [4.69, 9.17) is 4.74 Å². The van der Waals surface area contributed by atoms with Gasteiger partial charge in [-0.15, -0.1) is 0 Å². The fourth-order valence-electron chi connectivity index (χ4n) is 9.89. The van der Waals surface area contributed by atoms with Crippen molar-refractivity contribution in [2.75, 3.05) is 13.2 Å². The average Bonchev–Trinajstić information content (AvgIpc) is 3.31. The van der Waals surface area contributed by atoms with Crippen molar-refractivity contribution in [3.63, 3.8) is 0 Å². The molecule has 0 saturated carbocycles. The molecule has 67 heavy (non-hydrogen) atoms. The lowest BCUT2D eigenvalue weighted by Gasteiger charge is -2.36. The van der Waals surface area contributed by atoms with Crippen LogP contribution < -0.4 is 21.2 Å². The zero-order valence-corrected chi connectivity index (χ0v) is 43.5. The minimum atomic E-state index is -3.71. The molecule has 6 aromatic carbocycles. The van der Waals surface area contributed by atoms with Gasteiger partial charge in [-0.05, 0) is 128 Å². The summed E-state index contributed by atoms with van der Waals surface area (Å²) in [5.74, 6) is 0. The third-order valence-corrected chi connectivity index (χ3v) is 19.3. The second-order valence-electron chi connectivity index (χ2n) is 18.9. The van der Waals surface area contributed by atoms with E-state index in [-0.39, 0.29) is 35.2 Å². The lowest BCUT2D eigenvalue weighted by atomic mass is 9.93. The maximum atomic E-state index is 15.2. The van der Waals surface area contributed by atoms with E-state index in [9.17, 15) is 9.59 Å². The minimum Gasteiger partial charge on any atom is -0.378 e. The number of nitrogens with zero attached hydrogens (tertiary/aromatic N) is 2. The van der Waals surface area contributed by atoms with Crippen LogP contribution in [0.3, 0.4) is 0 Å². The standard InChI is InChI=1S/C58H70N2O5P2/c1-39(2)59(35-53-41(5)33-43(7)55(47(53)11)57(61)66(63,49-25-17-13-18-26-49)50-27-19-14-20-28-50)45(9)37-65-38-46(10)60(40(3)4)36-54-42(6)34-44(8)56(48(54)12)58(62)67(64,51-29-21-15-22-30-51)52-31-23-16-24-32-52/h13-34,39-40,45-46H,35-38H2,1-12H3. The number of hydrogen-bond donors (Lipinski definition) is 0. The number of carbonyl (C=O) groups excluding carboxylic acids is 2. The second-order valence-corrected chi connectivity index (χ2v) is 24.2. The first-order chi connectivity index (χ1) is 31.8. The molecule has 6 rings (SSSR count). The normalized spacial score (nSPS) is 13.1. The van der Waals surface area contributed by atoms with Crippen molar-refractivity contribution in [1.29, 1.82) is 0 Å². The molecule has 0 fully saturated rings. The van der Waals surface area contributed by atoms with Crippen LogP contribution in [-0.4, -0.2) is 58.2 Å². The zero-order chi connectivity index (χ0) is 48.8. The summed E-state index contributed by atoms with van der Waals surface area (Å²) in [6.07, 6.45) is 0. The van der Waals surface area contributed by atoms with Gasteiger partial charge in [-0.3, -0.25) is 19.4 Å². The molecule has 0 aliphatic carbocycles. The van der Waals surface area contributed by atoms with Crippen molar-refractivity contribution in [3.05, 3.63) is 189 Å². The third kappa shape index (κ3) is 10.7. The van der Waals surface area contributed by atoms with Crippen molar-refractivity contribution in [2.45, 2.75) is 120 Å². The first-order valence-electron chi connectivity index (χ1n) is 23.6. The van der Waals surface area contributed by atoms with Crippen LogP contribution in [0.1, 0.15) is 107 Å². The molecule has 0 radical (unpaired) electrons. The Morgan fingerprint density at radius 3 is 0.970 bits per heavy atom. The second kappa shape index (κ2) is 22.0. The van der Waals surface area contributed by atoms with E-state index in [0.717, 1.165) is 44.5 Å². The van der Waals surface area contributed by atoms with Crippen LogP contribution in [0, 0.1) is 41.5 Å². The van der Waals surface area contributed by atoms with Crippen molar-refractivity contribution in [2.24, 2.45) is 0 Å². The van der Waals surface area contributed by atoms with Crippen LogP contribution in [0.2, 0.25) is 0 Å². The minimum absolute atomic E-state index is 0.0405. The lowest BCUT2D eigenvalue weighted by molar-refractivity contribution is 0.0109. The van der Waals surface area contributed by atoms with E-state index < -0.39 is 14.3 Å². The molecule has 0 aliphatic rings. The molecule has 2 unspecified atom stereocenters. The summed E-state index contributed by atoms with van der Waals surface area (Å²) >= 11 is 0. The molecule has 0 saturated heterocycles. The van der Waals surface area contributed by atoms with Crippen molar-refractivity contribution < 1.29 is 23.5 Å². The highest BCUT2D eigenvalue weighted by molar-refractivity contribution is 7.94. The average molecular weight is 937 g/mol. The summed E-state index contributed by atoms with van der Waals surface area (Å²) in [5, 5.41) is 2.13. The van der Waals surface area contributed by atoms with Crippen molar-refractivity contribution in [1.82, 2.24) is 9.80 Å². The first kappa shape index (κ1) is 51.4. The Hall–Kier alpha value is -5.00. The Morgan fingerprint density at radius 1 is 0.448 bits per heavy atom. The monoisotopic (exact) mass is 936 g/mol. The lowest BCUT2D eigenvalue weighted by Crippen LogP contribution is -2.44. The number of benzene rings is 6. The molecule has 0 aromatic heterocycles. The van der Waals surface area contributed by atoms with Gasteiger partial charge in [-0.2, -0.15) is 0 Å². The van der Waals surface area contributed by atoms with Gasteiger partial charge in [0.15, 0.2) is 0 Å². The highest BCUT2D eigenvalue weighted by Crippen LogP contribution is 2.50. The summed E-state index contributed by atoms with van der Waals surface area (Å²) in [4.78, 5) is 34.6. The van der Waals surface area contributed by atoms with Crippen molar-refractivity contribution >= 4 is 46.6 Å². The van der Waals surface area contributed by atoms with Crippen molar-refractivity contribution in [3.8, 4) is 0 Å². The molecule has 0 amide bonds. The van der Waals surface area contributed by atoms with Gasteiger partial charge in [0, 0.05) is 69.6 Å². The van der Waals surface area contributed by atoms with Gasteiger partial charge < -0.3 is 13.9 Å². The summed E-state index contributed by atoms with van der Waals surface area (Å²) in [5.41, 5.74) is 8.08. The number of carbonyl (C=O) groups is 2. The van der Waals surface area contributed by atoms with Gasteiger partial charge in [-0.25, -0.2) is 0 Å². The van der Waals surface area contributed by atoms with Gasteiger partial charge in [-0.1, -0.05) is 133 Å². The molecule has 0 bridgehead atoms. The maximum absolute atomic E-state index is 15.2. The molecule has 6 aromatic rings. The molecule has 2 atom stereocenters. The van der Waals surface area contributed by atoms with E-state index in [0.29, 0.717) is 58.6 Å². The number of aryl methyl sites for hydroxylation is 4. The van der Waals surface area contributed by atoms with E-state index in [2.05, 4.69) is 77.3 Å². The molecule has 0 spiro atoms. The molecular formula is C58H70N2O5P2. The SMILES string of the molecule is Cc1cc(C)c(C(=O)P(=O)(c2ccccc2)c2ccccc2)c(C)c1CN(C(C)C)C(C)COCC(C)N(Cc1c(C)cc(C)c(C(=O)P(=O)(c2ccccc2)c2ccccc2)c1C)C(C)C. The van der Waals surface area contributed by atoms with E-state index in [1.165, 1.54) is 0 Å². The Morgan fingerprint density at radius 2 is 0.716 bits per heavy atom. The largest absolute Gasteiger partial charge is 0.378 e. The fourth-order valence-corrected chi connectivity index (χ4v) is 15.1. The number of ether oxygens (including phenoxy) is 1. The predicted octanol–water partition coefficient (Wildman–Crippen LogP) is 11.8. The fraction of sp³-hybridized carbons (Fsp3) is 0.345. The van der Waals surface area contributed by atoms with Gasteiger partial charge >= 0.3 is 0 Å². The quantitative estimate of drug-likeness (QED) is 0.0705. The van der Waals surface area contributed by atoms with Gasteiger partial charge in [0.05, 0.1) is 13.2 Å². The van der Waals surface area contributed by atoms with E-state index in [1.54, 1.807) is 48.5 Å². The smallest absolute Gasteiger partial charge is 0.230 e. The Labute approximate surface area is 400 Å². The Bertz CT molecular complexity index is 2500. The summed E-state index contributed by atoms with van der Waals surface area (Å²) in [7, 11) is -7.42. The molecule has 0 N–H and O–H groups in total. The third-order valence-electron chi connectivity index (χ3n) is 13.6. The number of rotatable bonds is 20. The molecule has 9 heteroatoms. The van der Waals surface area contributed by atoms with Crippen LogP contribution in [-0.2, 0) is 27.0 Å². The first-order valence-corrected chi connectivity index (χ1v) is 27.1. The molecule has 352 valence electrons. The maximum Gasteiger partial charge on any atom is 0.230 e. The highest BCUT2D eigenvalue weighted by atomic mass is 31.2. The van der Waals surface area contributed by atoms with Gasteiger partial charge in [0.1, 0.15) is 0 Å². The van der Waals surface area contributed by atoms with Crippen LogP contribution in [0.25, 0.3) is 0 Å². The van der Waals surface area contributed by atoms with Gasteiger partial charge in [0.2, 0.25) is 25.3 Å². The zero-order valence-electron chi connectivity index (χ0n) is 41.7. The Kier molecular flexibility index (Phi) is 16.8. The van der Waals surface area contributed by atoms with E-state index >= 15 is 9.13 Å². The summed E-state index contributed by atoms with van der Waals surface area (Å²) < 4.78 is 37.1. The van der Waals surface area contributed by atoms with Crippen LogP contribution >= 0.6 is 14.3 Å². The summed E-state index contributed by atoms with van der Waals surface area (Å²) in [6, 6.07) is 41.2. The van der Waals surface area contributed by atoms with Crippen LogP contribution in [0.5, 0.6) is 0 Å². The molecule has 7 nitrogen and oxygen atoms in total. The Balaban J connectivity index is 1.21. The van der Waals surface area contributed by atoms with Crippen LogP contribution in [0.4, 0.5) is 0 Å². The topological polar surface area (TPSA) is 84.0 Å². The van der Waals surface area contributed by atoms with E-state index in [1.807, 2.05) is 100 Å². The summed E-state index contributed by atoms with van der Waals surface area (Å²) in [6.45, 7) is 27.4. The predicted molar refractivity (Wildman–Crippen MR) is 281 cm³/mol. The number of hydrogen-bond acceptors (Lipinski definition) is 7. The van der Waals surface area contributed by atoms with Crippen LogP contribution in [0.15, 0.2) is 133 Å². The highest BCUT2D eigenvalue weighted by Gasteiger charge is 2.40. The molecular weight excluding hydrogens is 867 g/mol. The molecule has 0 heterocycles. The molecule has 0 aliphatic heterocycles.